The molecule has 0 bridgehead atoms. The molecular formula is C23H15Cl3N2O2. The summed E-state index contributed by atoms with van der Waals surface area (Å²) >= 11 is 18.4. The van der Waals surface area contributed by atoms with Crippen LogP contribution in [0, 0.1) is 0 Å². The summed E-state index contributed by atoms with van der Waals surface area (Å²) in [6.45, 7) is 0. The standard InChI is InChI=1S/C23H15Cl3N2O2/c1-30-15-8-6-13(7-9-15)21-12-17(16-4-2-3-5-20(16)27-21)23(29)28-22-18(25)10-14(24)11-19(22)26/h2-12H,1H3,(H,28,29). The van der Waals surface area contributed by atoms with E-state index in [4.69, 9.17) is 44.5 Å². The minimum atomic E-state index is -0.352. The van der Waals surface area contributed by atoms with Gasteiger partial charge in [0.1, 0.15) is 5.75 Å². The minimum absolute atomic E-state index is 0.259. The Labute approximate surface area is 188 Å². The first-order valence-electron chi connectivity index (χ1n) is 8.96. The number of nitrogens with one attached hydrogen (secondary N) is 1. The molecule has 0 radical (unpaired) electrons. The monoisotopic (exact) mass is 456 g/mol. The zero-order valence-electron chi connectivity index (χ0n) is 15.7. The molecule has 0 spiro atoms. The number of hydrogen-bond acceptors (Lipinski definition) is 3. The number of rotatable bonds is 4. The number of nitrogens with zero attached hydrogens (tertiary/aromatic N) is 1. The van der Waals surface area contributed by atoms with Crippen molar-refractivity contribution in [1.82, 2.24) is 4.98 Å². The molecule has 3 aromatic carbocycles. The number of fused-ring (bicyclic) bond motifs is 1. The van der Waals surface area contributed by atoms with Gasteiger partial charge in [-0.05, 0) is 48.5 Å². The number of carbonyl (C=O) groups excluding carboxylic acids is 1. The predicted octanol–water partition coefficient (Wildman–Crippen LogP) is 7.12. The van der Waals surface area contributed by atoms with E-state index in [0.29, 0.717) is 32.9 Å². The van der Waals surface area contributed by atoms with Crippen LogP contribution in [0.3, 0.4) is 0 Å². The van der Waals surface area contributed by atoms with E-state index >= 15 is 0 Å². The lowest BCUT2D eigenvalue weighted by Gasteiger charge is -2.13. The number of pyridine rings is 1. The van der Waals surface area contributed by atoms with Gasteiger partial charge in [0.2, 0.25) is 0 Å². The Morgan fingerprint density at radius 2 is 1.60 bits per heavy atom. The molecule has 4 nitrogen and oxygen atoms in total. The fourth-order valence-corrected chi connectivity index (χ4v) is 4.03. The van der Waals surface area contributed by atoms with Crippen molar-refractivity contribution in [3.63, 3.8) is 0 Å². The van der Waals surface area contributed by atoms with Crippen molar-refractivity contribution < 1.29 is 9.53 Å². The van der Waals surface area contributed by atoms with Crippen molar-refractivity contribution in [2.45, 2.75) is 0 Å². The number of methoxy groups -OCH3 is 1. The van der Waals surface area contributed by atoms with Crippen molar-refractivity contribution in [3.05, 3.63) is 87.4 Å². The number of ether oxygens (including phenoxy) is 1. The SMILES string of the molecule is COc1ccc(-c2cc(C(=O)Nc3c(Cl)cc(Cl)cc3Cl)c3ccccc3n2)cc1. The number of halogens is 3. The Kier molecular flexibility index (Phi) is 5.82. The highest BCUT2D eigenvalue weighted by Gasteiger charge is 2.17. The summed E-state index contributed by atoms with van der Waals surface area (Å²) in [5.41, 5.74) is 2.98. The number of aromatic nitrogens is 1. The molecule has 0 aliphatic heterocycles. The van der Waals surface area contributed by atoms with Crippen LogP contribution in [0.1, 0.15) is 10.4 Å². The fourth-order valence-electron chi connectivity index (χ4n) is 3.12. The van der Waals surface area contributed by atoms with Gasteiger partial charge in [0.15, 0.2) is 0 Å². The van der Waals surface area contributed by atoms with Crippen LogP contribution in [-0.4, -0.2) is 18.0 Å². The van der Waals surface area contributed by atoms with E-state index in [0.717, 1.165) is 11.3 Å². The van der Waals surface area contributed by atoms with Gasteiger partial charge in [-0.25, -0.2) is 4.98 Å². The van der Waals surface area contributed by atoms with E-state index in [1.165, 1.54) is 12.1 Å². The summed E-state index contributed by atoms with van der Waals surface area (Å²) in [6, 6.07) is 19.7. The Morgan fingerprint density at radius 3 is 2.27 bits per heavy atom. The van der Waals surface area contributed by atoms with Gasteiger partial charge < -0.3 is 10.1 Å². The van der Waals surface area contributed by atoms with E-state index < -0.39 is 0 Å². The Balaban J connectivity index is 1.80. The second-order valence-corrected chi connectivity index (χ2v) is 7.75. The normalized spacial score (nSPS) is 10.8. The van der Waals surface area contributed by atoms with Gasteiger partial charge in [-0.2, -0.15) is 0 Å². The van der Waals surface area contributed by atoms with E-state index in [1.54, 1.807) is 13.2 Å². The van der Waals surface area contributed by atoms with Crippen LogP contribution in [0.25, 0.3) is 22.2 Å². The van der Waals surface area contributed by atoms with E-state index in [9.17, 15) is 4.79 Å². The molecule has 1 aromatic heterocycles. The second kappa shape index (κ2) is 8.52. The van der Waals surface area contributed by atoms with Crippen LogP contribution in [0.2, 0.25) is 15.1 Å². The van der Waals surface area contributed by atoms with Gasteiger partial charge in [-0.3, -0.25) is 4.79 Å². The zero-order valence-corrected chi connectivity index (χ0v) is 18.0. The van der Waals surface area contributed by atoms with E-state index in [-0.39, 0.29) is 16.0 Å². The molecule has 1 heterocycles. The summed E-state index contributed by atoms with van der Waals surface area (Å²) in [5.74, 6) is 0.388. The maximum Gasteiger partial charge on any atom is 0.256 e. The topological polar surface area (TPSA) is 51.2 Å². The lowest BCUT2D eigenvalue weighted by molar-refractivity contribution is 0.102. The molecule has 1 amide bonds. The molecule has 0 fully saturated rings. The largest absolute Gasteiger partial charge is 0.497 e. The smallest absolute Gasteiger partial charge is 0.256 e. The fraction of sp³-hybridized carbons (Fsp3) is 0.0435. The predicted molar refractivity (Wildman–Crippen MR) is 123 cm³/mol. The summed E-state index contributed by atoms with van der Waals surface area (Å²) in [5, 5.41) is 4.42. The summed E-state index contributed by atoms with van der Waals surface area (Å²) < 4.78 is 5.22. The van der Waals surface area contributed by atoms with Crippen molar-refractivity contribution >= 4 is 57.3 Å². The van der Waals surface area contributed by atoms with E-state index in [2.05, 4.69) is 5.32 Å². The van der Waals surface area contributed by atoms with Gasteiger partial charge in [-0.1, -0.05) is 53.0 Å². The maximum absolute atomic E-state index is 13.2. The molecule has 0 aliphatic rings. The average molecular weight is 458 g/mol. The quantitative estimate of drug-likeness (QED) is 0.355. The lowest BCUT2D eigenvalue weighted by Crippen LogP contribution is -2.14. The molecule has 150 valence electrons. The third-order valence-electron chi connectivity index (χ3n) is 4.59. The highest BCUT2D eigenvalue weighted by atomic mass is 35.5. The lowest BCUT2D eigenvalue weighted by atomic mass is 10.0. The number of benzene rings is 3. The summed E-state index contributed by atoms with van der Waals surface area (Å²) in [6.07, 6.45) is 0. The molecule has 0 saturated heterocycles. The van der Waals surface area contributed by atoms with Crippen LogP contribution in [0.5, 0.6) is 5.75 Å². The molecule has 7 heteroatoms. The summed E-state index contributed by atoms with van der Waals surface area (Å²) in [7, 11) is 1.61. The van der Waals surface area contributed by atoms with Crippen LogP contribution in [0.4, 0.5) is 5.69 Å². The van der Waals surface area contributed by atoms with Crippen LogP contribution >= 0.6 is 34.8 Å². The first-order valence-corrected chi connectivity index (χ1v) is 10.1. The van der Waals surface area contributed by atoms with Gasteiger partial charge in [0.05, 0.1) is 39.6 Å². The number of carbonyl (C=O) groups is 1. The molecule has 0 aliphatic carbocycles. The van der Waals surface area contributed by atoms with Crippen molar-refractivity contribution in [3.8, 4) is 17.0 Å². The molecule has 4 rings (SSSR count). The maximum atomic E-state index is 13.2. The number of hydrogen-bond donors (Lipinski definition) is 1. The number of para-hydroxylation sites is 1. The molecule has 4 aromatic rings. The Hall–Kier alpha value is -2.79. The molecule has 0 atom stereocenters. The Bertz CT molecular complexity index is 1230. The van der Waals surface area contributed by atoms with Crippen molar-refractivity contribution in [2.75, 3.05) is 12.4 Å². The third-order valence-corrected chi connectivity index (χ3v) is 5.41. The van der Waals surface area contributed by atoms with Gasteiger partial charge in [-0.15, -0.1) is 0 Å². The highest BCUT2D eigenvalue weighted by Crippen LogP contribution is 2.34. The second-order valence-electron chi connectivity index (χ2n) is 6.50. The first-order chi connectivity index (χ1) is 14.5. The minimum Gasteiger partial charge on any atom is -0.497 e. The van der Waals surface area contributed by atoms with Crippen molar-refractivity contribution in [2.24, 2.45) is 0 Å². The number of anilines is 1. The zero-order chi connectivity index (χ0) is 21.3. The number of amides is 1. The highest BCUT2D eigenvalue weighted by molar-refractivity contribution is 6.42. The molecular weight excluding hydrogens is 443 g/mol. The molecule has 0 saturated carbocycles. The average Bonchev–Trinajstić information content (AvgIpc) is 2.75. The van der Waals surface area contributed by atoms with Gasteiger partial charge >= 0.3 is 0 Å². The van der Waals surface area contributed by atoms with E-state index in [1.807, 2.05) is 48.5 Å². The van der Waals surface area contributed by atoms with Gasteiger partial charge in [0.25, 0.3) is 5.91 Å². The van der Waals surface area contributed by atoms with Crippen LogP contribution < -0.4 is 10.1 Å². The molecule has 30 heavy (non-hydrogen) atoms. The third kappa shape index (κ3) is 4.08. The first kappa shape index (κ1) is 20.5. The molecule has 1 N–H and O–H groups in total. The van der Waals surface area contributed by atoms with Crippen LogP contribution in [0.15, 0.2) is 66.7 Å². The van der Waals surface area contributed by atoms with Crippen LogP contribution in [-0.2, 0) is 0 Å². The van der Waals surface area contributed by atoms with Gasteiger partial charge in [0, 0.05) is 16.0 Å². The Morgan fingerprint density at radius 1 is 0.933 bits per heavy atom. The summed E-state index contributed by atoms with van der Waals surface area (Å²) in [4.78, 5) is 17.9. The molecule has 0 unspecified atom stereocenters. The van der Waals surface area contributed by atoms with Crippen molar-refractivity contribution in [1.29, 1.82) is 0 Å².